The highest BCUT2D eigenvalue weighted by molar-refractivity contribution is 6.06. The number of carbonyl (C=O) groups excluding carboxylic acids is 1. The van der Waals surface area contributed by atoms with E-state index in [9.17, 15) is 4.79 Å². The quantitative estimate of drug-likeness (QED) is 0.356. The second-order valence-corrected chi connectivity index (χ2v) is 10.8. The number of fused-ring (bicyclic) bond motifs is 2. The zero-order valence-electron chi connectivity index (χ0n) is 22.7. The molecular weight excluding hydrogens is 488 g/mol. The maximum Gasteiger partial charge on any atom is 0.249 e. The van der Waals surface area contributed by atoms with Crippen molar-refractivity contribution in [2.24, 2.45) is 5.73 Å². The Labute approximate surface area is 229 Å². The van der Waals surface area contributed by atoms with Gasteiger partial charge in [0.2, 0.25) is 11.9 Å². The van der Waals surface area contributed by atoms with Crippen LogP contribution in [0.1, 0.15) is 64.7 Å². The summed E-state index contributed by atoms with van der Waals surface area (Å²) < 4.78 is 8.78. The fraction of sp³-hybridized carbons (Fsp3) is 0.387. The minimum atomic E-state index is -0.444. The van der Waals surface area contributed by atoms with E-state index in [0.717, 1.165) is 78.9 Å². The molecule has 0 spiro atoms. The number of aromatic nitrogens is 3. The first kappa shape index (κ1) is 25.5. The van der Waals surface area contributed by atoms with Crippen molar-refractivity contribution in [1.29, 1.82) is 0 Å². The van der Waals surface area contributed by atoms with Gasteiger partial charge in [0.25, 0.3) is 0 Å². The molecule has 4 aromatic rings. The number of primary amides is 1. The molecule has 0 bridgehead atoms. The normalized spacial score (nSPS) is 18.3. The maximum absolute atomic E-state index is 12.1. The summed E-state index contributed by atoms with van der Waals surface area (Å²) in [6.07, 6.45) is 5.16. The molecule has 39 heavy (non-hydrogen) atoms. The van der Waals surface area contributed by atoms with Gasteiger partial charge in [-0.3, -0.25) is 9.36 Å². The zero-order valence-corrected chi connectivity index (χ0v) is 22.7. The van der Waals surface area contributed by atoms with Crippen LogP contribution in [0.15, 0.2) is 54.6 Å². The molecule has 8 nitrogen and oxygen atoms in total. The van der Waals surface area contributed by atoms with Crippen LogP contribution in [-0.2, 0) is 17.7 Å². The molecule has 8 heteroatoms. The van der Waals surface area contributed by atoms with Crippen LogP contribution < -0.4 is 11.1 Å². The summed E-state index contributed by atoms with van der Waals surface area (Å²) in [5.74, 6) is 0.987. The van der Waals surface area contributed by atoms with Crippen LogP contribution in [0, 0.1) is 6.92 Å². The zero-order chi connectivity index (χ0) is 26.9. The Hall–Kier alpha value is -3.75. The molecule has 1 atom stereocenters. The highest BCUT2D eigenvalue weighted by atomic mass is 16.5. The number of hydrogen-bond donors (Lipinski definition) is 2. The van der Waals surface area contributed by atoms with Gasteiger partial charge < -0.3 is 20.7 Å². The summed E-state index contributed by atoms with van der Waals surface area (Å²) in [6.45, 7) is 4.79. The molecule has 2 aromatic carbocycles. The third-order valence-electron chi connectivity index (χ3n) is 8.05. The number of rotatable bonds is 7. The van der Waals surface area contributed by atoms with E-state index in [1.165, 1.54) is 5.56 Å². The number of aryl methyl sites for hydroxylation is 1. The van der Waals surface area contributed by atoms with Gasteiger partial charge in [0, 0.05) is 41.8 Å². The van der Waals surface area contributed by atoms with Gasteiger partial charge in [0.15, 0.2) is 0 Å². The average molecular weight is 525 g/mol. The first-order valence-corrected chi connectivity index (χ1v) is 13.9. The van der Waals surface area contributed by atoms with E-state index in [4.69, 9.17) is 20.4 Å². The summed E-state index contributed by atoms with van der Waals surface area (Å²) in [5.41, 5.74) is 11.3. The lowest BCUT2D eigenvalue weighted by atomic mass is 9.93. The largest absolute Gasteiger partial charge is 0.369 e. The number of carbonyl (C=O) groups is 1. The van der Waals surface area contributed by atoms with Crippen molar-refractivity contribution in [3.8, 4) is 5.95 Å². The number of ether oxygens (including phenoxy) is 1. The van der Waals surface area contributed by atoms with Gasteiger partial charge in [-0.1, -0.05) is 36.4 Å². The molecule has 202 valence electrons. The minimum absolute atomic E-state index is 0.0653. The lowest BCUT2D eigenvalue weighted by Crippen LogP contribution is -2.35. The third kappa shape index (κ3) is 5.14. The SMILES string of the molecule is Cc1cc2c(C(N)=O)cccc2n1-c1nc(NCc2ccccc2)c2c(n1)C(OC1CCN(C)CC1)CCC2. The van der Waals surface area contributed by atoms with Crippen molar-refractivity contribution in [2.75, 3.05) is 25.5 Å². The Kier molecular flexibility index (Phi) is 7.06. The van der Waals surface area contributed by atoms with Crippen molar-refractivity contribution in [3.63, 3.8) is 0 Å². The monoisotopic (exact) mass is 524 g/mol. The van der Waals surface area contributed by atoms with Gasteiger partial charge in [-0.2, -0.15) is 4.98 Å². The van der Waals surface area contributed by atoms with Crippen molar-refractivity contribution in [2.45, 2.75) is 57.8 Å². The predicted octanol–water partition coefficient (Wildman–Crippen LogP) is 4.93. The molecular formula is C31H36N6O2. The average Bonchev–Trinajstić information content (AvgIpc) is 3.29. The Balaban J connectivity index is 1.44. The molecule has 3 heterocycles. The molecule has 0 radical (unpaired) electrons. The molecule has 2 aliphatic rings. The van der Waals surface area contributed by atoms with E-state index in [-0.39, 0.29) is 12.2 Å². The molecule has 3 N–H and O–H groups in total. The summed E-state index contributed by atoms with van der Waals surface area (Å²) in [6, 6.07) is 18.0. The van der Waals surface area contributed by atoms with Crippen LogP contribution in [0.4, 0.5) is 5.82 Å². The number of likely N-dealkylation sites (tertiary alicyclic amines) is 1. The number of nitrogens with two attached hydrogens (primary N) is 1. The maximum atomic E-state index is 12.1. The van der Waals surface area contributed by atoms with Crippen LogP contribution in [-0.4, -0.2) is 51.6 Å². The molecule has 1 amide bonds. The number of piperidine rings is 1. The Morgan fingerprint density at radius 2 is 1.87 bits per heavy atom. The summed E-state index contributed by atoms with van der Waals surface area (Å²) in [4.78, 5) is 24.8. The van der Waals surface area contributed by atoms with E-state index >= 15 is 0 Å². The van der Waals surface area contributed by atoms with Crippen LogP contribution in [0.2, 0.25) is 0 Å². The van der Waals surface area contributed by atoms with Gasteiger partial charge in [-0.25, -0.2) is 4.98 Å². The highest BCUT2D eigenvalue weighted by Gasteiger charge is 2.30. The van der Waals surface area contributed by atoms with Crippen LogP contribution in [0.25, 0.3) is 16.9 Å². The number of hydrogen-bond acceptors (Lipinski definition) is 6. The number of benzene rings is 2. The number of nitrogens with zero attached hydrogens (tertiary/aromatic N) is 4. The van der Waals surface area contributed by atoms with Crippen molar-refractivity contribution in [1.82, 2.24) is 19.4 Å². The lowest BCUT2D eigenvalue weighted by Gasteiger charge is -2.34. The van der Waals surface area contributed by atoms with Gasteiger partial charge in [0.1, 0.15) is 11.9 Å². The first-order valence-electron chi connectivity index (χ1n) is 13.9. The molecule has 0 saturated carbocycles. The minimum Gasteiger partial charge on any atom is -0.369 e. The molecule has 1 aliphatic heterocycles. The number of nitrogens with one attached hydrogen (secondary N) is 1. The Morgan fingerprint density at radius 3 is 2.64 bits per heavy atom. The van der Waals surface area contributed by atoms with Crippen LogP contribution >= 0.6 is 0 Å². The van der Waals surface area contributed by atoms with Crippen molar-refractivity contribution >= 4 is 22.6 Å². The van der Waals surface area contributed by atoms with E-state index < -0.39 is 5.91 Å². The predicted molar refractivity (Wildman–Crippen MR) is 153 cm³/mol. The molecule has 1 aliphatic carbocycles. The number of anilines is 1. The molecule has 1 fully saturated rings. The van der Waals surface area contributed by atoms with E-state index in [0.29, 0.717) is 18.1 Å². The standard InChI is InChI=1S/C31H36N6O2/c1-20-18-25-23(29(32)38)10-6-12-26(25)37(20)31-34-28-24(30(35-31)33-19-21-8-4-3-5-9-21)11-7-13-27(28)39-22-14-16-36(2)17-15-22/h3-6,8-10,12,18,22,27H,7,11,13-17,19H2,1-2H3,(H2,32,38)(H,33,34,35). The van der Waals surface area contributed by atoms with E-state index in [1.807, 2.05) is 35.8 Å². The Morgan fingerprint density at radius 1 is 1.08 bits per heavy atom. The van der Waals surface area contributed by atoms with Gasteiger partial charge in [0.05, 0.1) is 17.3 Å². The summed E-state index contributed by atoms with van der Waals surface area (Å²) in [7, 11) is 2.17. The summed E-state index contributed by atoms with van der Waals surface area (Å²) in [5, 5.41) is 4.42. The van der Waals surface area contributed by atoms with Gasteiger partial charge in [-0.15, -0.1) is 0 Å². The van der Waals surface area contributed by atoms with Crippen molar-refractivity contribution in [3.05, 3.63) is 82.7 Å². The number of amides is 1. The van der Waals surface area contributed by atoms with Gasteiger partial charge >= 0.3 is 0 Å². The first-order chi connectivity index (χ1) is 19.0. The fourth-order valence-electron chi connectivity index (χ4n) is 5.96. The van der Waals surface area contributed by atoms with Gasteiger partial charge in [-0.05, 0) is 69.8 Å². The molecule has 6 rings (SSSR count). The summed E-state index contributed by atoms with van der Waals surface area (Å²) >= 11 is 0. The highest BCUT2D eigenvalue weighted by Crippen LogP contribution is 2.38. The second-order valence-electron chi connectivity index (χ2n) is 10.8. The molecule has 1 saturated heterocycles. The molecule has 2 aromatic heterocycles. The van der Waals surface area contributed by atoms with E-state index in [1.54, 1.807) is 6.07 Å². The van der Waals surface area contributed by atoms with Crippen LogP contribution in [0.5, 0.6) is 0 Å². The fourth-order valence-corrected chi connectivity index (χ4v) is 5.96. The second kappa shape index (κ2) is 10.8. The third-order valence-corrected chi connectivity index (χ3v) is 8.05. The van der Waals surface area contributed by atoms with Crippen molar-refractivity contribution < 1.29 is 9.53 Å². The Bertz CT molecular complexity index is 1490. The smallest absolute Gasteiger partial charge is 0.249 e. The topological polar surface area (TPSA) is 98.3 Å². The van der Waals surface area contributed by atoms with Crippen LogP contribution in [0.3, 0.4) is 0 Å². The lowest BCUT2D eigenvalue weighted by molar-refractivity contribution is -0.0498. The van der Waals surface area contributed by atoms with E-state index in [2.05, 4.69) is 41.5 Å². The molecule has 1 unspecified atom stereocenters.